The lowest BCUT2D eigenvalue weighted by Gasteiger charge is -2.13. The Kier molecular flexibility index (Phi) is 3.41. The van der Waals surface area contributed by atoms with Crippen LogP contribution in [0.4, 0.5) is 10.2 Å². The van der Waals surface area contributed by atoms with Crippen LogP contribution >= 0.6 is 11.8 Å². The average Bonchev–Trinajstić information content (AvgIpc) is 2.74. The van der Waals surface area contributed by atoms with E-state index >= 15 is 0 Å². The van der Waals surface area contributed by atoms with E-state index in [0.29, 0.717) is 24.0 Å². The fraction of sp³-hybridized carbons (Fsp3) is 0.600. The molecule has 0 amide bonds. The van der Waals surface area contributed by atoms with E-state index in [0.717, 1.165) is 17.9 Å². The molecule has 0 aromatic carbocycles. The van der Waals surface area contributed by atoms with Crippen molar-refractivity contribution in [2.24, 2.45) is 0 Å². The van der Waals surface area contributed by atoms with Crippen molar-refractivity contribution >= 4 is 17.6 Å². The van der Waals surface area contributed by atoms with Gasteiger partial charge in [-0.2, -0.15) is 11.8 Å². The Balaban J connectivity index is 2.13. The summed E-state index contributed by atoms with van der Waals surface area (Å²) in [5, 5.41) is 3.14. The third-order valence-electron chi connectivity index (χ3n) is 2.47. The number of hydrogen-bond acceptors (Lipinski definition) is 4. The summed E-state index contributed by atoms with van der Waals surface area (Å²) in [4.78, 5) is 7.84. The van der Waals surface area contributed by atoms with E-state index in [9.17, 15) is 4.39 Å². The number of hydrogen-bond donors (Lipinski definition) is 1. The molecule has 1 fully saturated rings. The van der Waals surface area contributed by atoms with E-state index in [2.05, 4.69) is 15.3 Å². The molecule has 1 unspecified atom stereocenters. The standard InChI is InChI=1S/C10H14FN3S/c1-2-8-9(11)10(13-6-12-8)14-7-3-4-15-5-7/h6-7H,2-5H2,1H3,(H,12,13,14). The maximum atomic E-state index is 13.7. The minimum absolute atomic E-state index is 0.295. The Morgan fingerprint density at radius 2 is 2.47 bits per heavy atom. The molecule has 0 aliphatic carbocycles. The Bertz CT molecular complexity index is 339. The second kappa shape index (κ2) is 4.79. The minimum Gasteiger partial charge on any atom is -0.364 e. The van der Waals surface area contributed by atoms with Crippen molar-refractivity contribution in [1.29, 1.82) is 0 Å². The number of nitrogens with one attached hydrogen (secondary N) is 1. The van der Waals surface area contributed by atoms with Gasteiger partial charge in [0.15, 0.2) is 11.6 Å². The number of thioether (sulfide) groups is 1. The molecule has 1 N–H and O–H groups in total. The van der Waals surface area contributed by atoms with Crippen LogP contribution in [0.15, 0.2) is 6.33 Å². The summed E-state index contributed by atoms with van der Waals surface area (Å²) >= 11 is 1.89. The molecule has 3 nitrogen and oxygen atoms in total. The van der Waals surface area contributed by atoms with Gasteiger partial charge >= 0.3 is 0 Å². The molecule has 82 valence electrons. The first kappa shape index (κ1) is 10.7. The van der Waals surface area contributed by atoms with Gasteiger partial charge in [0.1, 0.15) is 6.33 Å². The van der Waals surface area contributed by atoms with Crippen molar-refractivity contribution in [2.75, 3.05) is 16.8 Å². The zero-order chi connectivity index (χ0) is 10.7. The van der Waals surface area contributed by atoms with Gasteiger partial charge in [0.2, 0.25) is 0 Å². The molecule has 0 saturated carbocycles. The highest BCUT2D eigenvalue weighted by Gasteiger charge is 2.18. The maximum absolute atomic E-state index is 13.7. The van der Waals surface area contributed by atoms with E-state index in [4.69, 9.17) is 0 Å². The third-order valence-corrected chi connectivity index (χ3v) is 3.63. The summed E-state index contributed by atoms with van der Waals surface area (Å²) in [5.74, 6) is 2.24. The predicted octanol–water partition coefficient (Wildman–Crippen LogP) is 2.10. The molecule has 0 bridgehead atoms. The molecule has 5 heteroatoms. The fourth-order valence-electron chi connectivity index (χ4n) is 1.60. The van der Waals surface area contributed by atoms with Crippen LogP contribution in [0, 0.1) is 5.82 Å². The molecular weight excluding hydrogens is 213 g/mol. The molecule has 15 heavy (non-hydrogen) atoms. The number of rotatable bonds is 3. The van der Waals surface area contributed by atoms with Gasteiger partial charge in [0, 0.05) is 11.8 Å². The maximum Gasteiger partial charge on any atom is 0.186 e. The number of nitrogens with zero attached hydrogens (tertiary/aromatic N) is 2. The van der Waals surface area contributed by atoms with Crippen LogP contribution in [0.25, 0.3) is 0 Å². The van der Waals surface area contributed by atoms with Gasteiger partial charge in [0.25, 0.3) is 0 Å². The average molecular weight is 227 g/mol. The van der Waals surface area contributed by atoms with Gasteiger partial charge < -0.3 is 5.32 Å². The Morgan fingerprint density at radius 3 is 3.13 bits per heavy atom. The lowest BCUT2D eigenvalue weighted by Crippen LogP contribution is -2.20. The summed E-state index contributed by atoms with van der Waals surface area (Å²) in [5.41, 5.74) is 0.484. The summed E-state index contributed by atoms with van der Waals surface area (Å²) in [6.07, 6.45) is 3.10. The highest BCUT2D eigenvalue weighted by atomic mass is 32.2. The van der Waals surface area contributed by atoms with Crippen molar-refractivity contribution in [3.63, 3.8) is 0 Å². The van der Waals surface area contributed by atoms with Crippen LogP contribution in [-0.4, -0.2) is 27.5 Å². The lowest BCUT2D eigenvalue weighted by molar-refractivity contribution is 0.593. The fourth-order valence-corrected chi connectivity index (χ4v) is 2.75. The SMILES string of the molecule is CCc1ncnc(NC2CCSC2)c1F. The number of aryl methyl sites for hydroxylation is 1. The third kappa shape index (κ3) is 2.40. The van der Waals surface area contributed by atoms with Crippen LogP contribution in [0.1, 0.15) is 19.0 Å². The van der Waals surface area contributed by atoms with Gasteiger partial charge in [0.05, 0.1) is 5.69 Å². The predicted molar refractivity (Wildman–Crippen MR) is 60.7 cm³/mol. The quantitative estimate of drug-likeness (QED) is 0.858. The molecule has 1 aromatic heterocycles. The Labute approximate surface area is 92.9 Å². The molecule has 0 spiro atoms. The van der Waals surface area contributed by atoms with E-state index in [1.165, 1.54) is 6.33 Å². The number of aromatic nitrogens is 2. The van der Waals surface area contributed by atoms with Gasteiger partial charge in [-0.1, -0.05) is 6.92 Å². The van der Waals surface area contributed by atoms with Crippen LogP contribution < -0.4 is 5.32 Å². The molecule has 1 aliphatic rings. The smallest absolute Gasteiger partial charge is 0.186 e. The second-order valence-electron chi connectivity index (χ2n) is 3.54. The van der Waals surface area contributed by atoms with Gasteiger partial charge in [-0.3, -0.25) is 0 Å². The monoisotopic (exact) mass is 227 g/mol. The van der Waals surface area contributed by atoms with Crippen molar-refractivity contribution in [3.05, 3.63) is 17.8 Å². The molecule has 2 heterocycles. The molecule has 0 radical (unpaired) electrons. The molecule has 1 atom stereocenters. The number of halogens is 1. The van der Waals surface area contributed by atoms with Crippen molar-refractivity contribution in [2.45, 2.75) is 25.8 Å². The van der Waals surface area contributed by atoms with E-state index in [1.54, 1.807) is 0 Å². The Morgan fingerprint density at radius 1 is 1.60 bits per heavy atom. The van der Waals surface area contributed by atoms with Crippen LogP contribution in [-0.2, 0) is 6.42 Å². The minimum atomic E-state index is -0.295. The lowest BCUT2D eigenvalue weighted by atomic mass is 10.2. The van der Waals surface area contributed by atoms with E-state index in [1.807, 2.05) is 18.7 Å². The molecule has 1 saturated heterocycles. The van der Waals surface area contributed by atoms with Crippen molar-refractivity contribution in [1.82, 2.24) is 9.97 Å². The van der Waals surface area contributed by atoms with Crippen molar-refractivity contribution in [3.8, 4) is 0 Å². The van der Waals surface area contributed by atoms with Gasteiger partial charge in [-0.25, -0.2) is 14.4 Å². The summed E-state index contributed by atoms with van der Waals surface area (Å²) in [6.45, 7) is 1.89. The normalized spacial score (nSPS) is 20.5. The number of anilines is 1. The van der Waals surface area contributed by atoms with Gasteiger partial charge in [-0.05, 0) is 18.6 Å². The second-order valence-corrected chi connectivity index (χ2v) is 4.69. The zero-order valence-electron chi connectivity index (χ0n) is 8.66. The first-order chi connectivity index (χ1) is 7.31. The van der Waals surface area contributed by atoms with E-state index in [-0.39, 0.29) is 5.82 Å². The van der Waals surface area contributed by atoms with Crippen LogP contribution in [0.3, 0.4) is 0 Å². The van der Waals surface area contributed by atoms with Crippen LogP contribution in [0.2, 0.25) is 0 Å². The summed E-state index contributed by atoms with van der Waals surface area (Å²) in [6, 6.07) is 0.351. The molecular formula is C10H14FN3S. The molecule has 1 aromatic rings. The topological polar surface area (TPSA) is 37.8 Å². The van der Waals surface area contributed by atoms with E-state index < -0.39 is 0 Å². The molecule has 1 aliphatic heterocycles. The van der Waals surface area contributed by atoms with Crippen LogP contribution in [0.5, 0.6) is 0 Å². The van der Waals surface area contributed by atoms with Gasteiger partial charge in [-0.15, -0.1) is 0 Å². The first-order valence-electron chi connectivity index (χ1n) is 5.15. The summed E-state index contributed by atoms with van der Waals surface area (Å²) in [7, 11) is 0. The highest BCUT2D eigenvalue weighted by molar-refractivity contribution is 7.99. The summed E-state index contributed by atoms with van der Waals surface area (Å²) < 4.78 is 13.7. The molecule has 2 rings (SSSR count). The Hall–Kier alpha value is -0.840. The first-order valence-corrected chi connectivity index (χ1v) is 6.30. The van der Waals surface area contributed by atoms with Crippen molar-refractivity contribution < 1.29 is 4.39 Å². The largest absolute Gasteiger partial charge is 0.364 e. The zero-order valence-corrected chi connectivity index (χ0v) is 9.48. The highest BCUT2D eigenvalue weighted by Crippen LogP contribution is 2.22.